The van der Waals surface area contributed by atoms with Gasteiger partial charge in [0.15, 0.2) is 11.6 Å². The van der Waals surface area contributed by atoms with Crippen LogP contribution < -0.4 is 10.5 Å². The van der Waals surface area contributed by atoms with Gasteiger partial charge in [0.05, 0.1) is 12.3 Å². The first kappa shape index (κ1) is 22.8. The molecule has 0 aromatic heterocycles. The van der Waals surface area contributed by atoms with Crippen molar-refractivity contribution in [3.05, 3.63) is 34.7 Å². The van der Waals surface area contributed by atoms with E-state index in [1.165, 1.54) is 17.9 Å². The summed E-state index contributed by atoms with van der Waals surface area (Å²) < 4.78 is 39.0. The van der Waals surface area contributed by atoms with Gasteiger partial charge in [-0.3, -0.25) is 4.99 Å². The maximum absolute atomic E-state index is 14.3. The molecule has 1 aliphatic heterocycles. The summed E-state index contributed by atoms with van der Waals surface area (Å²) in [5, 5.41) is 1.49. The van der Waals surface area contributed by atoms with E-state index in [1.54, 1.807) is 0 Å². The minimum atomic E-state index is -1.02. The maximum atomic E-state index is 14.3. The standard InChI is InChI=1S/C21H30F2N2O2S/c1-15(5-6-16-4-2-11-26-13-9-16)25-19(14-28)17-7-8-18(22)20(23)21(17)27-12-3-10-24/h7-8,14,16,28H,2-6,9-13,24H2,1H3/b19-14-,25-15?. The van der Waals surface area contributed by atoms with Crippen molar-refractivity contribution in [2.45, 2.75) is 45.4 Å². The lowest BCUT2D eigenvalue weighted by Gasteiger charge is -2.15. The second-order valence-corrected chi connectivity index (χ2v) is 7.30. The van der Waals surface area contributed by atoms with Gasteiger partial charge in [0.2, 0.25) is 5.82 Å². The Labute approximate surface area is 171 Å². The van der Waals surface area contributed by atoms with Gasteiger partial charge in [0.1, 0.15) is 0 Å². The lowest BCUT2D eigenvalue weighted by Crippen LogP contribution is -2.09. The highest BCUT2D eigenvalue weighted by Gasteiger charge is 2.18. The largest absolute Gasteiger partial charge is 0.490 e. The minimum Gasteiger partial charge on any atom is -0.490 e. The molecule has 2 N–H and O–H groups in total. The van der Waals surface area contributed by atoms with Crippen molar-refractivity contribution in [1.29, 1.82) is 0 Å². The van der Waals surface area contributed by atoms with Crippen LogP contribution in [-0.2, 0) is 4.74 Å². The Morgan fingerprint density at radius 3 is 2.93 bits per heavy atom. The molecule has 1 fully saturated rings. The number of rotatable bonds is 9. The minimum absolute atomic E-state index is 0.147. The molecule has 156 valence electrons. The zero-order valence-corrected chi connectivity index (χ0v) is 17.3. The first-order valence-corrected chi connectivity index (χ1v) is 10.4. The fourth-order valence-corrected chi connectivity index (χ4v) is 3.42. The highest BCUT2D eigenvalue weighted by Crippen LogP contribution is 2.32. The zero-order chi connectivity index (χ0) is 20.4. The molecule has 1 heterocycles. The Bertz CT molecular complexity index is 687. The molecule has 1 aromatic rings. The molecule has 0 radical (unpaired) electrons. The van der Waals surface area contributed by atoms with Crippen LogP contribution in [0.15, 0.2) is 22.5 Å². The van der Waals surface area contributed by atoms with Crippen molar-refractivity contribution in [1.82, 2.24) is 0 Å². The normalized spacial score (nSPS) is 18.8. The van der Waals surface area contributed by atoms with Crippen LogP contribution in [0.5, 0.6) is 5.75 Å². The van der Waals surface area contributed by atoms with Gasteiger partial charge in [-0.05, 0) is 75.5 Å². The van der Waals surface area contributed by atoms with Gasteiger partial charge in [0, 0.05) is 24.5 Å². The molecule has 1 aliphatic rings. The first-order valence-electron chi connectivity index (χ1n) is 9.84. The number of benzene rings is 1. The van der Waals surface area contributed by atoms with Gasteiger partial charge in [-0.2, -0.15) is 4.39 Å². The van der Waals surface area contributed by atoms with Gasteiger partial charge in [-0.15, -0.1) is 12.6 Å². The SMILES string of the molecule is CC(CCC1CCCOCC1)=N/C(=C\S)c1ccc(F)c(F)c1OCCCN. The molecule has 1 aromatic carbocycles. The van der Waals surface area contributed by atoms with Crippen molar-refractivity contribution in [3.63, 3.8) is 0 Å². The topological polar surface area (TPSA) is 56.8 Å². The predicted octanol–water partition coefficient (Wildman–Crippen LogP) is 4.98. The van der Waals surface area contributed by atoms with Gasteiger partial charge in [-0.25, -0.2) is 4.39 Å². The summed E-state index contributed by atoms with van der Waals surface area (Å²) in [4.78, 5) is 4.61. The molecule has 0 spiro atoms. The summed E-state index contributed by atoms with van der Waals surface area (Å²) in [7, 11) is 0. The highest BCUT2D eigenvalue weighted by molar-refractivity contribution is 7.83. The van der Waals surface area contributed by atoms with Crippen molar-refractivity contribution >= 4 is 24.0 Å². The van der Waals surface area contributed by atoms with E-state index in [4.69, 9.17) is 15.2 Å². The molecule has 1 saturated heterocycles. The van der Waals surface area contributed by atoms with Crippen LogP contribution in [0, 0.1) is 17.6 Å². The Hall–Kier alpha value is -1.44. The first-order chi connectivity index (χ1) is 13.6. The van der Waals surface area contributed by atoms with Gasteiger partial charge in [-0.1, -0.05) is 0 Å². The van der Waals surface area contributed by atoms with Crippen LogP contribution in [-0.4, -0.2) is 32.1 Å². The molecule has 2 rings (SSSR count). The van der Waals surface area contributed by atoms with Gasteiger partial charge in [0.25, 0.3) is 0 Å². The van der Waals surface area contributed by atoms with Crippen molar-refractivity contribution in [2.24, 2.45) is 16.6 Å². The van der Waals surface area contributed by atoms with Crippen LogP contribution in [0.4, 0.5) is 8.78 Å². The van der Waals surface area contributed by atoms with E-state index >= 15 is 0 Å². The second kappa shape index (κ2) is 12.2. The third-order valence-corrected chi connectivity index (χ3v) is 5.08. The molecule has 0 saturated carbocycles. The maximum Gasteiger partial charge on any atom is 0.201 e. The fraction of sp³-hybridized carbons (Fsp3) is 0.571. The Morgan fingerprint density at radius 2 is 2.18 bits per heavy atom. The van der Waals surface area contributed by atoms with E-state index in [9.17, 15) is 8.78 Å². The Kier molecular flexibility index (Phi) is 9.95. The highest BCUT2D eigenvalue weighted by atomic mass is 32.1. The van der Waals surface area contributed by atoms with Crippen LogP contribution in [0.3, 0.4) is 0 Å². The molecule has 1 unspecified atom stereocenters. The Balaban J connectivity index is 2.12. The Morgan fingerprint density at radius 1 is 1.36 bits per heavy atom. The molecule has 4 nitrogen and oxygen atoms in total. The van der Waals surface area contributed by atoms with Crippen molar-refractivity contribution in [3.8, 4) is 5.75 Å². The quantitative estimate of drug-likeness (QED) is 0.342. The second-order valence-electron chi connectivity index (χ2n) is 7.04. The summed E-state index contributed by atoms with van der Waals surface area (Å²) in [6.45, 7) is 4.22. The molecule has 1 atom stereocenters. The third kappa shape index (κ3) is 6.87. The molecule has 28 heavy (non-hydrogen) atoms. The van der Waals surface area contributed by atoms with Gasteiger partial charge < -0.3 is 15.2 Å². The van der Waals surface area contributed by atoms with Crippen LogP contribution in [0.2, 0.25) is 0 Å². The monoisotopic (exact) mass is 412 g/mol. The van der Waals surface area contributed by atoms with Crippen LogP contribution >= 0.6 is 12.6 Å². The van der Waals surface area contributed by atoms with E-state index in [0.717, 1.165) is 50.7 Å². The van der Waals surface area contributed by atoms with E-state index in [-0.39, 0.29) is 12.4 Å². The van der Waals surface area contributed by atoms with E-state index in [1.807, 2.05) is 6.92 Å². The van der Waals surface area contributed by atoms with Crippen LogP contribution in [0.1, 0.15) is 51.0 Å². The molecule has 7 heteroatoms. The molecular weight excluding hydrogens is 382 g/mol. The van der Waals surface area contributed by atoms with E-state index < -0.39 is 11.6 Å². The van der Waals surface area contributed by atoms with Crippen LogP contribution in [0.25, 0.3) is 5.70 Å². The number of thiol groups is 1. The van der Waals surface area contributed by atoms with E-state index in [0.29, 0.717) is 30.1 Å². The molecular formula is C21H30F2N2O2S. The number of halogens is 2. The molecule has 0 amide bonds. The average molecular weight is 413 g/mol. The van der Waals surface area contributed by atoms with Crippen molar-refractivity contribution < 1.29 is 18.3 Å². The zero-order valence-electron chi connectivity index (χ0n) is 16.4. The lowest BCUT2D eigenvalue weighted by atomic mass is 9.94. The summed E-state index contributed by atoms with van der Waals surface area (Å²) >= 11 is 4.22. The van der Waals surface area contributed by atoms with Crippen molar-refractivity contribution in [2.75, 3.05) is 26.4 Å². The number of nitrogens with two attached hydrogens (primary N) is 1. The smallest absolute Gasteiger partial charge is 0.201 e. The summed E-state index contributed by atoms with van der Waals surface area (Å²) in [6, 6.07) is 2.55. The summed E-state index contributed by atoms with van der Waals surface area (Å²) in [6.07, 6.45) is 5.76. The van der Waals surface area contributed by atoms with E-state index in [2.05, 4.69) is 17.6 Å². The van der Waals surface area contributed by atoms with Gasteiger partial charge >= 0.3 is 0 Å². The molecule has 0 bridgehead atoms. The fourth-order valence-electron chi connectivity index (χ4n) is 3.22. The number of ether oxygens (including phenoxy) is 2. The summed E-state index contributed by atoms with van der Waals surface area (Å²) in [5.41, 5.74) is 7.21. The lowest BCUT2D eigenvalue weighted by molar-refractivity contribution is 0.141. The molecule has 0 aliphatic carbocycles. The average Bonchev–Trinajstić information content (AvgIpc) is 2.97. The number of aliphatic imine (C=N–C) groups is 1. The number of hydrogen-bond acceptors (Lipinski definition) is 5. The predicted molar refractivity (Wildman–Crippen MR) is 113 cm³/mol. The third-order valence-electron chi connectivity index (χ3n) is 4.84. The summed E-state index contributed by atoms with van der Waals surface area (Å²) in [5.74, 6) is -1.49. The number of nitrogens with zero attached hydrogens (tertiary/aromatic N) is 1. The number of hydrogen-bond donors (Lipinski definition) is 2.